The number of halogens is 1. The van der Waals surface area contributed by atoms with Gasteiger partial charge in [0.25, 0.3) is 0 Å². The van der Waals surface area contributed by atoms with Crippen molar-refractivity contribution < 1.29 is 14.3 Å². The summed E-state index contributed by atoms with van der Waals surface area (Å²) in [5.74, 6) is 1.34. The zero-order valence-corrected chi connectivity index (χ0v) is 19.7. The van der Waals surface area contributed by atoms with Gasteiger partial charge in [-0.2, -0.15) is 5.10 Å². The number of unbranched alkanes of at least 4 members (excludes halogenated alkanes) is 1. The third-order valence-corrected chi connectivity index (χ3v) is 6.44. The van der Waals surface area contributed by atoms with Gasteiger partial charge in [0.1, 0.15) is 11.5 Å². The standard InChI is InChI=1S/C24H32ClN5O3/c25-21-5-3-20(4-6-21)23-8-7-22(33-23)19-26-30-16-15-29(24(30)32)10-2-1-9-27-11-13-28(14-12-27)17-18-31/h3-8,19,31H,1-2,9-18H2. The molecule has 0 unspecified atom stereocenters. The molecule has 8 nitrogen and oxygen atoms in total. The van der Waals surface area contributed by atoms with Gasteiger partial charge in [0.15, 0.2) is 0 Å². The van der Waals surface area contributed by atoms with Crippen LogP contribution in [0.25, 0.3) is 11.3 Å². The summed E-state index contributed by atoms with van der Waals surface area (Å²) < 4.78 is 5.82. The van der Waals surface area contributed by atoms with Crippen LogP contribution in [0.1, 0.15) is 18.6 Å². The molecule has 0 saturated carbocycles. The molecule has 9 heteroatoms. The normalized spacial score (nSPS) is 18.2. The van der Waals surface area contributed by atoms with Gasteiger partial charge in [-0.3, -0.25) is 4.90 Å². The maximum absolute atomic E-state index is 12.6. The predicted octanol–water partition coefficient (Wildman–Crippen LogP) is 3.06. The smallest absolute Gasteiger partial charge is 0.340 e. The summed E-state index contributed by atoms with van der Waals surface area (Å²) in [6.07, 6.45) is 3.66. The molecule has 0 bridgehead atoms. The first-order valence-corrected chi connectivity index (χ1v) is 12.0. The third kappa shape index (κ3) is 6.57. The highest BCUT2D eigenvalue weighted by molar-refractivity contribution is 6.30. The van der Waals surface area contributed by atoms with Crippen molar-refractivity contribution >= 4 is 23.8 Å². The van der Waals surface area contributed by atoms with Gasteiger partial charge in [-0.25, -0.2) is 9.80 Å². The Bertz CT molecular complexity index is 924. The topological polar surface area (TPSA) is 75.8 Å². The van der Waals surface area contributed by atoms with E-state index in [0.29, 0.717) is 23.9 Å². The molecule has 3 heterocycles. The number of urea groups is 1. The lowest BCUT2D eigenvalue weighted by Gasteiger charge is -2.34. The van der Waals surface area contributed by atoms with Crippen LogP contribution < -0.4 is 0 Å². The van der Waals surface area contributed by atoms with Gasteiger partial charge in [-0.1, -0.05) is 11.6 Å². The quantitative estimate of drug-likeness (QED) is 0.424. The van der Waals surface area contributed by atoms with Crippen molar-refractivity contribution in [3.05, 3.63) is 47.2 Å². The molecule has 1 aromatic carbocycles. The molecule has 0 atom stereocenters. The van der Waals surface area contributed by atoms with E-state index in [0.717, 1.165) is 70.0 Å². The summed E-state index contributed by atoms with van der Waals surface area (Å²) in [6.45, 7) is 8.27. The number of benzene rings is 1. The molecule has 1 aromatic heterocycles. The van der Waals surface area contributed by atoms with E-state index in [2.05, 4.69) is 14.9 Å². The van der Waals surface area contributed by atoms with Gasteiger partial charge in [0, 0.05) is 56.4 Å². The molecular weight excluding hydrogens is 442 g/mol. The molecule has 0 radical (unpaired) electrons. The maximum atomic E-state index is 12.6. The Morgan fingerprint density at radius 1 is 0.909 bits per heavy atom. The molecule has 0 spiro atoms. The van der Waals surface area contributed by atoms with Crippen LogP contribution in [-0.2, 0) is 0 Å². The van der Waals surface area contributed by atoms with Crippen LogP contribution in [0.3, 0.4) is 0 Å². The Hall–Kier alpha value is -2.39. The Kier molecular flexibility index (Phi) is 8.39. The van der Waals surface area contributed by atoms with E-state index in [4.69, 9.17) is 21.1 Å². The summed E-state index contributed by atoms with van der Waals surface area (Å²) in [6, 6.07) is 11.1. The van der Waals surface area contributed by atoms with Gasteiger partial charge in [0.05, 0.1) is 19.4 Å². The Labute approximate surface area is 200 Å². The van der Waals surface area contributed by atoms with Gasteiger partial charge in [0.2, 0.25) is 0 Å². The highest BCUT2D eigenvalue weighted by Gasteiger charge is 2.27. The Morgan fingerprint density at radius 2 is 1.61 bits per heavy atom. The number of amides is 2. The number of aliphatic hydroxyl groups is 1. The number of aliphatic hydroxyl groups excluding tert-OH is 1. The van der Waals surface area contributed by atoms with E-state index in [1.807, 2.05) is 41.3 Å². The van der Waals surface area contributed by atoms with Crippen molar-refractivity contribution in [2.45, 2.75) is 12.8 Å². The van der Waals surface area contributed by atoms with Crippen molar-refractivity contribution in [3.63, 3.8) is 0 Å². The first-order valence-electron chi connectivity index (χ1n) is 11.6. The lowest BCUT2D eigenvalue weighted by atomic mass is 10.2. The van der Waals surface area contributed by atoms with E-state index >= 15 is 0 Å². The number of carbonyl (C=O) groups excluding carboxylic acids is 1. The number of hydrazone groups is 1. The summed E-state index contributed by atoms with van der Waals surface area (Å²) >= 11 is 5.94. The fourth-order valence-corrected chi connectivity index (χ4v) is 4.34. The molecule has 2 aliphatic rings. The predicted molar refractivity (Wildman–Crippen MR) is 130 cm³/mol. The second-order valence-electron chi connectivity index (χ2n) is 8.46. The Balaban J connectivity index is 1.17. The number of piperazine rings is 1. The largest absolute Gasteiger partial charge is 0.455 e. The molecule has 178 valence electrons. The van der Waals surface area contributed by atoms with Crippen molar-refractivity contribution in [2.75, 3.05) is 65.5 Å². The monoisotopic (exact) mass is 473 g/mol. The van der Waals surface area contributed by atoms with Crippen molar-refractivity contribution in [1.29, 1.82) is 0 Å². The number of nitrogens with zero attached hydrogens (tertiary/aromatic N) is 5. The fraction of sp³-hybridized carbons (Fsp3) is 0.500. The molecule has 2 amide bonds. The molecule has 2 fully saturated rings. The van der Waals surface area contributed by atoms with Gasteiger partial charge >= 0.3 is 6.03 Å². The van der Waals surface area contributed by atoms with Crippen LogP contribution in [0.5, 0.6) is 0 Å². The number of rotatable bonds is 10. The van der Waals surface area contributed by atoms with Crippen LogP contribution in [0.15, 0.2) is 45.9 Å². The van der Waals surface area contributed by atoms with Gasteiger partial charge < -0.3 is 19.3 Å². The number of β-amino-alcohol motifs (C(OH)–C–C–N with tert-alkyl or cyclic N) is 1. The maximum Gasteiger partial charge on any atom is 0.340 e. The minimum Gasteiger partial charge on any atom is -0.455 e. The van der Waals surface area contributed by atoms with Gasteiger partial charge in [-0.15, -0.1) is 0 Å². The van der Waals surface area contributed by atoms with Crippen LogP contribution in [0.4, 0.5) is 4.79 Å². The van der Waals surface area contributed by atoms with Crippen LogP contribution in [0.2, 0.25) is 5.02 Å². The fourth-order valence-electron chi connectivity index (χ4n) is 4.22. The summed E-state index contributed by atoms with van der Waals surface area (Å²) in [5, 5.41) is 15.6. The third-order valence-electron chi connectivity index (χ3n) is 6.19. The minimum atomic E-state index is -0.0478. The molecule has 4 rings (SSSR count). The molecular formula is C24H32ClN5O3. The number of hydrogen-bond donors (Lipinski definition) is 1. The average Bonchev–Trinajstić information content (AvgIpc) is 3.44. The van der Waals surface area contributed by atoms with E-state index in [1.165, 1.54) is 5.01 Å². The minimum absolute atomic E-state index is 0.0478. The summed E-state index contributed by atoms with van der Waals surface area (Å²) in [4.78, 5) is 19.3. The van der Waals surface area contributed by atoms with E-state index in [9.17, 15) is 4.79 Å². The lowest BCUT2D eigenvalue weighted by Crippen LogP contribution is -2.47. The molecule has 1 N–H and O–H groups in total. The summed E-state index contributed by atoms with van der Waals surface area (Å²) in [7, 11) is 0. The first kappa shape index (κ1) is 23.8. The van der Waals surface area contributed by atoms with Crippen molar-refractivity contribution in [2.24, 2.45) is 5.10 Å². The molecule has 2 aromatic rings. The second-order valence-corrected chi connectivity index (χ2v) is 8.90. The highest BCUT2D eigenvalue weighted by Crippen LogP contribution is 2.23. The summed E-state index contributed by atoms with van der Waals surface area (Å²) in [5.41, 5.74) is 0.939. The first-order chi connectivity index (χ1) is 16.1. The highest BCUT2D eigenvalue weighted by atomic mass is 35.5. The van der Waals surface area contributed by atoms with E-state index in [1.54, 1.807) is 6.21 Å². The van der Waals surface area contributed by atoms with Gasteiger partial charge in [-0.05, 0) is 55.8 Å². The number of furan rings is 1. The molecule has 33 heavy (non-hydrogen) atoms. The molecule has 2 saturated heterocycles. The average molecular weight is 474 g/mol. The van der Waals surface area contributed by atoms with Crippen LogP contribution in [0, 0.1) is 0 Å². The molecule has 0 aliphatic carbocycles. The zero-order valence-electron chi connectivity index (χ0n) is 18.9. The van der Waals surface area contributed by atoms with Crippen LogP contribution >= 0.6 is 11.6 Å². The number of carbonyl (C=O) groups is 1. The number of hydrogen-bond acceptors (Lipinski definition) is 6. The lowest BCUT2D eigenvalue weighted by molar-refractivity contribution is 0.111. The van der Waals surface area contributed by atoms with Crippen molar-refractivity contribution in [3.8, 4) is 11.3 Å². The van der Waals surface area contributed by atoms with E-state index in [-0.39, 0.29) is 12.6 Å². The Morgan fingerprint density at radius 3 is 2.33 bits per heavy atom. The second kappa shape index (κ2) is 11.7. The SMILES string of the molecule is O=C1N(CCCCN2CCN(CCO)CC2)CCN1N=Cc1ccc(-c2ccc(Cl)cc2)o1. The molecule has 2 aliphatic heterocycles. The zero-order chi connectivity index (χ0) is 23.0. The van der Waals surface area contributed by atoms with E-state index < -0.39 is 0 Å². The van der Waals surface area contributed by atoms with Crippen molar-refractivity contribution in [1.82, 2.24) is 19.7 Å². The van der Waals surface area contributed by atoms with Crippen LogP contribution in [-0.4, -0.2) is 103 Å².